The lowest BCUT2D eigenvalue weighted by Gasteiger charge is -2.35. The molecule has 4 fully saturated rings. The highest BCUT2D eigenvalue weighted by molar-refractivity contribution is 8.00. The second kappa shape index (κ2) is 40.5. The maximum Gasteiger partial charge on any atom is 0.246 e. The molecule has 2 aromatic carbocycles. The second-order valence-corrected chi connectivity index (χ2v) is 23.8. The van der Waals surface area contributed by atoms with E-state index in [0.717, 1.165) is 46.8 Å². The van der Waals surface area contributed by atoms with Crippen LogP contribution in [0.2, 0.25) is 0 Å². The number of rotatable bonds is 19. The number of hydrogen-bond donors (Lipinski definition) is 4. The van der Waals surface area contributed by atoms with Crippen molar-refractivity contribution in [1.29, 1.82) is 0 Å². The fourth-order valence-electron chi connectivity index (χ4n) is 9.82. The summed E-state index contributed by atoms with van der Waals surface area (Å²) in [5.74, 6) is 12.6. The Kier molecular flexibility index (Phi) is 43.3. The Hall–Kier alpha value is -0.850. The van der Waals surface area contributed by atoms with Crippen molar-refractivity contribution in [2.45, 2.75) is 134 Å². The van der Waals surface area contributed by atoms with Crippen molar-refractivity contribution < 1.29 is 28.7 Å². The summed E-state index contributed by atoms with van der Waals surface area (Å²) in [5.41, 5.74) is 0.855. The number of hydrogen-bond acceptors (Lipinski definition) is 11. The third-order valence-electron chi connectivity index (χ3n) is 14.1. The van der Waals surface area contributed by atoms with Crippen molar-refractivity contribution in [1.82, 2.24) is 31.1 Å². The molecule has 4 heterocycles. The van der Waals surface area contributed by atoms with Gasteiger partial charge in [-0.1, -0.05) is 138 Å². The fraction of sp³-hybridized carbons (Fsp3) is 0.593. The standard InChI is InChI=1S/C54H72N6O6S4.9H2S/c1-9-35(2)50(68)58-40-25-29-70-45-32-54(6,7)47(60(45)52(40)64)49(62)57-42(38-22-16-13-17-23-38)34-66-27-19-11-10-18-26-65-33-41(37-20-14-12-15-21-37)56-48(61)46-53(4,5)31-44-59(46)51(63)39(24-28-69-44)30-43(67)36(3)55-8;;;;;;;;;/h12-17,20-23,35-36,39-42,44-47,55H,9,24-34H2,1-8H3,(H,56,61)(H,57,62)(H,58,68);9*1H2/t35-,36+,39-,40+,41-,42-,44+,45+,46-,47-;;;;;;;;;/m1........./s1. The van der Waals surface area contributed by atoms with Crippen LogP contribution in [0.15, 0.2) is 60.7 Å². The summed E-state index contributed by atoms with van der Waals surface area (Å²) < 4.78 is 12.0. The third-order valence-corrected chi connectivity index (χ3v) is 17.7. The van der Waals surface area contributed by atoms with Gasteiger partial charge in [0.1, 0.15) is 31.3 Å². The number of nitrogens with one attached hydrogen (secondary N) is 4. The summed E-state index contributed by atoms with van der Waals surface area (Å²) in [4.78, 5) is 62.4. The molecular weight excluding hydrogens is 1250 g/mol. The fourth-order valence-corrected chi connectivity index (χ4v) is 13.7. The van der Waals surface area contributed by atoms with E-state index in [4.69, 9.17) is 33.9 Å². The molecular formula is C54H90N6O6S13. The van der Waals surface area contributed by atoms with Crippen molar-refractivity contribution in [2.24, 2.45) is 22.7 Å². The SMILES string of the molecule is CC[C@@H](C)C(=S)N[C@H]1CCS[C@H]2CC(C)(C)[C@@H](C(=O)N[C@H](COCC#CC#CCOC[C@@H](NC(=O)[C@H]3N4C(=O)[C@@H](CC(=S)[C@H](C)NC)CCS[C@H]4CC3(C)C)c3ccccc3)c3ccccc3)N2C1=O.S.S.S.S.S.S.S.S.S. The molecule has 12 nitrogen and oxygen atoms in total. The molecule has 4 aliphatic heterocycles. The minimum absolute atomic E-state index is 0. The van der Waals surface area contributed by atoms with Crippen LogP contribution in [-0.4, -0.2) is 123 Å². The normalized spacial score (nSPS) is 22.3. The molecule has 0 bridgehead atoms. The molecule has 0 saturated carbocycles. The molecule has 450 valence electrons. The van der Waals surface area contributed by atoms with E-state index in [1.54, 1.807) is 23.5 Å². The largest absolute Gasteiger partial charge is 0.368 e. The maximum absolute atomic E-state index is 14.4. The van der Waals surface area contributed by atoms with E-state index in [9.17, 15) is 19.2 Å². The van der Waals surface area contributed by atoms with Gasteiger partial charge in [0.25, 0.3) is 0 Å². The minimum atomic E-state index is -0.674. The number of thiocarbonyl (C=S) groups is 2. The number of fused-ring (bicyclic) bond motifs is 2. The molecule has 4 aliphatic rings. The van der Waals surface area contributed by atoms with Crippen LogP contribution in [0.1, 0.15) is 110 Å². The lowest BCUT2D eigenvalue weighted by atomic mass is 9.83. The Labute approximate surface area is 554 Å². The van der Waals surface area contributed by atoms with Crippen molar-refractivity contribution in [3.63, 3.8) is 0 Å². The Balaban J connectivity index is -0.00000312. The van der Waals surface area contributed by atoms with Gasteiger partial charge in [-0.05, 0) is 97.8 Å². The number of nitrogens with zero attached hydrogens (tertiary/aromatic N) is 2. The van der Waals surface area contributed by atoms with Gasteiger partial charge in [-0.25, -0.2) is 0 Å². The van der Waals surface area contributed by atoms with Gasteiger partial charge in [0, 0.05) is 22.7 Å². The van der Waals surface area contributed by atoms with Gasteiger partial charge in [0.15, 0.2) is 0 Å². The molecule has 4 N–H and O–H groups in total. The predicted molar refractivity (Wildman–Crippen MR) is 383 cm³/mol. The first-order chi connectivity index (χ1) is 33.5. The van der Waals surface area contributed by atoms with E-state index in [0.29, 0.717) is 24.3 Å². The van der Waals surface area contributed by atoms with Crippen LogP contribution in [0, 0.1) is 46.3 Å². The smallest absolute Gasteiger partial charge is 0.246 e. The molecule has 0 aromatic heterocycles. The third kappa shape index (κ3) is 22.8. The van der Waals surface area contributed by atoms with E-state index >= 15 is 0 Å². The van der Waals surface area contributed by atoms with Crippen LogP contribution in [0.5, 0.6) is 0 Å². The summed E-state index contributed by atoms with van der Waals surface area (Å²) >= 11 is 14.9. The first-order valence-electron chi connectivity index (χ1n) is 24.7. The Morgan fingerprint density at radius 1 is 0.684 bits per heavy atom. The lowest BCUT2D eigenvalue weighted by Crippen LogP contribution is -2.57. The number of thioether (sulfide) groups is 2. The van der Waals surface area contributed by atoms with Crippen LogP contribution in [0.3, 0.4) is 0 Å². The van der Waals surface area contributed by atoms with Gasteiger partial charge in [-0.2, -0.15) is 121 Å². The number of amides is 4. The van der Waals surface area contributed by atoms with Crippen LogP contribution in [0.25, 0.3) is 0 Å². The molecule has 0 radical (unpaired) electrons. The number of ether oxygens (including phenoxy) is 2. The lowest BCUT2D eigenvalue weighted by molar-refractivity contribution is -0.144. The van der Waals surface area contributed by atoms with Crippen LogP contribution in [-0.2, 0) is 28.7 Å². The van der Waals surface area contributed by atoms with Gasteiger partial charge in [0.05, 0.1) is 41.0 Å². The molecule has 10 atom stereocenters. The molecule has 0 unspecified atom stereocenters. The van der Waals surface area contributed by atoms with Crippen LogP contribution in [0.4, 0.5) is 0 Å². The highest BCUT2D eigenvalue weighted by atomic mass is 32.2. The average molecular weight is 1340 g/mol. The van der Waals surface area contributed by atoms with Gasteiger partial charge >= 0.3 is 0 Å². The summed E-state index contributed by atoms with van der Waals surface area (Å²) in [6.07, 6.45) is 4.19. The van der Waals surface area contributed by atoms with Gasteiger partial charge < -0.3 is 40.5 Å². The van der Waals surface area contributed by atoms with E-state index in [1.165, 1.54) is 0 Å². The zero-order valence-electron chi connectivity index (χ0n) is 46.5. The quantitative estimate of drug-likeness (QED) is 0.0612. The average Bonchev–Trinajstić information content (AvgIpc) is 3.66. The van der Waals surface area contributed by atoms with Crippen molar-refractivity contribution in [2.75, 3.05) is 45.0 Å². The zero-order chi connectivity index (χ0) is 50.6. The molecule has 79 heavy (non-hydrogen) atoms. The Bertz CT molecular complexity index is 2170. The van der Waals surface area contributed by atoms with Crippen LogP contribution < -0.4 is 21.3 Å². The van der Waals surface area contributed by atoms with Gasteiger partial charge in [-0.3, -0.25) is 19.2 Å². The highest BCUT2D eigenvalue weighted by Crippen LogP contribution is 2.48. The molecule has 2 aromatic rings. The first-order valence-corrected chi connectivity index (χ1v) is 27.6. The van der Waals surface area contributed by atoms with E-state index in [1.807, 2.05) is 84.4 Å². The van der Waals surface area contributed by atoms with E-state index in [-0.39, 0.29) is 200 Å². The van der Waals surface area contributed by atoms with Crippen LogP contribution >= 0.6 is 169 Å². The van der Waals surface area contributed by atoms with Gasteiger partial charge in [0.2, 0.25) is 23.6 Å². The minimum Gasteiger partial charge on any atom is -0.368 e. The molecule has 0 spiro atoms. The number of benzene rings is 2. The zero-order valence-corrected chi connectivity index (χ0v) is 58.8. The number of carbonyl (C=O) groups excluding carboxylic acids is 4. The summed E-state index contributed by atoms with van der Waals surface area (Å²) in [6, 6.07) is 16.6. The van der Waals surface area contributed by atoms with E-state index in [2.05, 4.69) is 86.5 Å². The summed E-state index contributed by atoms with van der Waals surface area (Å²) in [7, 11) is 1.87. The Morgan fingerprint density at radius 3 is 1.52 bits per heavy atom. The molecule has 0 aliphatic carbocycles. The monoisotopic (exact) mass is 1330 g/mol. The van der Waals surface area contributed by atoms with Crippen molar-refractivity contribution >= 4 is 203 Å². The maximum atomic E-state index is 14.4. The second-order valence-electron chi connectivity index (χ2n) is 20.2. The first kappa shape index (κ1) is 84.6. The molecule has 4 saturated heterocycles. The molecule has 6 rings (SSSR count). The number of carbonyl (C=O) groups is 4. The van der Waals surface area contributed by atoms with Crippen molar-refractivity contribution in [3.8, 4) is 23.7 Å². The van der Waals surface area contributed by atoms with Gasteiger partial charge in [-0.15, -0.1) is 23.5 Å². The summed E-state index contributed by atoms with van der Waals surface area (Å²) in [6.45, 7) is 14.9. The molecule has 4 amide bonds. The Morgan fingerprint density at radius 2 is 1.10 bits per heavy atom. The van der Waals surface area contributed by atoms with E-state index < -0.39 is 41.0 Å². The summed E-state index contributed by atoms with van der Waals surface area (Å²) in [5, 5.41) is 12.8. The molecule has 25 heteroatoms. The topological polar surface area (TPSA) is 141 Å². The predicted octanol–water partition coefficient (Wildman–Crippen LogP) is 8.25. The highest BCUT2D eigenvalue weighted by Gasteiger charge is 2.56. The van der Waals surface area contributed by atoms with Crippen molar-refractivity contribution in [3.05, 3.63) is 71.8 Å².